The smallest absolute Gasteiger partial charge is 0.341 e. The molecule has 2 heterocycles. The molecule has 1 unspecified atom stereocenters. The molecule has 0 bridgehead atoms. The van der Waals surface area contributed by atoms with Gasteiger partial charge in [-0.3, -0.25) is 4.79 Å². The number of fused-ring (bicyclic) bond motifs is 3. The first-order chi connectivity index (χ1) is 16.6. The van der Waals surface area contributed by atoms with Crippen molar-refractivity contribution in [2.24, 2.45) is 5.41 Å². The summed E-state index contributed by atoms with van der Waals surface area (Å²) in [6, 6.07) is 11.5. The third-order valence-electron chi connectivity index (χ3n) is 6.45. The molecule has 0 spiro atoms. The Morgan fingerprint density at radius 2 is 1.83 bits per heavy atom. The fourth-order valence-corrected chi connectivity index (χ4v) is 4.60. The Balaban J connectivity index is 1.92. The minimum absolute atomic E-state index is 0.0679. The molecule has 3 aromatic rings. The second-order valence-electron chi connectivity index (χ2n) is 9.94. The number of aromatic carboxylic acids is 1. The van der Waals surface area contributed by atoms with Crippen LogP contribution in [0, 0.1) is 11.2 Å². The molecule has 2 aromatic carbocycles. The lowest BCUT2D eigenvalue weighted by molar-refractivity contribution is 0.0693. The monoisotopic (exact) mass is 479 g/mol. The van der Waals surface area contributed by atoms with Gasteiger partial charge in [-0.15, -0.1) is 0 Å². The van der Waals surface area contributed by atoms with E-state index in [0.717, 1.165) is 28.7 Å². The van der Waals surface area contributed by atoms with E-state index in [4.69, 9.17) is 9.47 Å². The van der Waals surface area contributed by atoms with E-state index in [-0.39, 0.29) is 22.8 Å². The van der Waals surface area contributed by atoms with Crippen LogP contribution in [0.2, 0.25) is 0 Å². The molecule has 1 aromatic heterocycles. The number of methoxy groups -OCH3 is 1. The van der Waals surface area contributed by atoms with Crippen LogP contribution in [-0.2, 0) is 11.2 Å². The van der Waals surface area contributed by atoms with E-state index in [9.17, 15) is 19.1 Å². The standard InChI is InChI=1S/C28H30FNO5/c1-28(2,3)26-13-18-12-25(35-11-5-10-34-4)21(17-6-8-19(29)9-7-17)14-20(18)23-15-24(31)22(27(32)33)16-30(23)26/h6-9,12,14-16,26H,5,10-11,13H2,1-4H3,(H,32,33). The molecular weight excluding hydrogens is 449 g/mol. The second-order valence-corrected chi connectivity index (χ2v) is 9.94. The molecule has 4 rings (SSSR count). The molecule has 0 amide bonds. The zero-order valence-corrected chi connectivity index (χ0v) is 20.4. The van der Waals surface area contributed by atoms with E-state index in [1.807, 2.05) is 16.7 Å². The average Bonchev–Trinajstić information content (AvgIpc) is 2.80. The number of rotatable bonds is 7. The summed E-state index contributed by atoms with van der Waals surface area (Å²) in [5.41, 5.74) is 3.09. The molecule has 0 aliphatic carbocycles. The number of benzene rings is 2. The summed E-state index contributed by atoms with van der Waals surface area (Å²) in [6.45, 7) is 7.33. The molecule has 1 aliphatic heterocycles. The van der Waals surface area contributed by atoms with Gasteiger partial charge >= 0.3 is 5.97 Å². The molecule has 0 radical (unpaired) electrons. The summed E-state index contributed by atoms with van der Waals surface area (Å²) < 4.78 is 26.8. The van der Waals surface area contributed by atoms with Crippen molar-refractivity contribution in [1.82, 2.24) is 4.57 Å². The molecule has 7 heteroatoms. The van der Waals surface area contributed by atoms with Gasteiger partial charge in [0.05, 0.1) is 12.3 Å². The highest BCUT2D eigenvalue weighted by atomic mass is 19.1. The van der Waals surface area contributed by atoms with Gasteiger partial charge in [0.15, 0.2) is 5.43 Å². The molecule has 184 valence electrons. The van der Waals surface area contributed by atoms with Crippen molar-refractivity contribution in [2.75, 3.05) is 20.3 Å². The van der Waals surface area contributed by atoms with E-state index in [0.29, 0.717) is 31.1 Å². The first-order valence-corrected chi connectivity index (χ1v) is 11.6. The number of pyridine rings is 1. The predicted molar refractivity (Wildman–Crippen MR) is 133 cm³/mol. The third kappa shape index (κ3) is 5.00. The predicted octanol–water partition coefficient (Wildman–Crippen LogP) is 5.58. The molecule has 1 N–H and O–H groups in total. The van der Waals surface area contributed by atoms with E-state index in [1.165, 1.54) is 24.4 Å². The molecule has 0 fully saturated rings. The Morgan fingerprint density at radius 1 is 1.11 bits per heavy atom. The summed E-state index contributed by atoms with van der Waals surface area (Å²) in [7, 11) is 1.64. The number of carboxylic acids is 1. The van der Waals surface area contributed by atoms with Gasteiger partial charge in [-0.1, -0.05) is 32.9 Å². The van der Waals surface area contributed by atoms with Crippen LogP contribution in [0.5, 0.6) is 5.75 Å². The van der Waals surface area contributed by atoms with Gasteiger partial charge in [0.1, 0.15) is 17.1 Å². The highest BCUT2D eigenvalue weighted by molar-refractivity contribution is 5.88. The fraction of sp³-hybridized carbons (Fsp3) is 0.357. The Labute approximate surface area is 203 Å². The Kier molecular flexibility index (Phi) is 6.81. The lowest BCUT2D eigenvalue weighted by Gasteiger charge is -2.39. The lowest BCUT2D eigenvalue weighted by Crippen LogP contribution is -2.32. The number of hydrogen-bond donors (Lipinski definition) is 1. The van der Waals surface area contributed by atoms with Crippen LogP contribution < -0.4 is 10.2 Å². The summed E-state index contributed by atoms with van der Waals surface area (Å²) in [6.07, 6.45) is 2.83. The highest BCUT2D eigenvalue weighted by Crippen LogP contribution is 2.46. The summed E-state index contributed by atoms with van der Waals surface area (Å²) in [5, 5.41) is 9.55. The number of hydrogen-bond acceptors (Lipinski definition) is 4. The molecule has 6 nitrogen and oxygen atoms in total. The Morgan fingerprint density at radius 3 is 2.46 bits per heavy atom. The van der Waals surface area contributed by atoms with Gasteiger partial charge in [0.2, 0.25) is 0 Å². The Hall–Kier alpha value is -3.45. The van der Waals surface area contributed by atoms with Crippen LogP contribution in [0.25, 0.3) is 22.4 Å². The average molecular weight is 480 g/mol. The molecule has 35 heavy (non-hydrogen) atoms. The zero-order chi connectivity index (χ0) is 25.3. The molecule has 1 atom stereocenters. The van der Waals surface area contributed by atoms with Crippen LogP contribution in [0.15, 0.2) is 53.5 Å². The van der Waals surface area contributed by atoms with Crippen molar-refractivity contribution < 1.29 is 23.8 Å². The van der Waals surface area contributed by atoms with Gasteiger partial charge in [-0.25, -0.2) is 9.18 Å². The Bertz CT molecular complexity index is 1300. The van der Waals surface area contributed by atoms with Crippen LogP contribution in [0.3, 0.4) is 0 Å². The van der Waals surface area contributed by atoms with Gasteiger partial charge in [-0.2, -0.15) is 0 Å². The van der Waals surface area contributed by atoms with Crippen molar-refractivity contribution in [3.8, 4) is 28.1 Å². The van der Waals surface area contributed by atoms with Crippen molar-refractivity contribution in [1.29, 1.82) is 0 Å². The molecule has 0 saturated carbocycles. The zero-order valence-electron chi connectivity index (χ0n) is 20.4. The van der Waals surface area contributed by atoms with Gasteiger partial charge in [-0.05, 0) is 47.2 Å². The van der Waals surface area contributed by atoms with E-state index < -0.39 is 11.4 Å². The number of ether oxygens (including phenoxy) is 2. The van der Waals surface area contributed by atoms with Crippen molar-refractivity contribution in [3.05, 3.63) is 75.8 Å². The van der Waals surface area contributed by atoms with Crippen molar-refractivity contribution in [2.45, 2.75) is 39.7 Å². The first kappa shape index (κ1) is 24.7. The summed E-state index contributed by atoms with van der Waals surface area (Å²) >= 11 is 0. The largest absolute Gasteiger partial charge is 0.493 e. The maximum atomic E-state index is 13.6. The quantitative estimate of drug-likeness (QED) is 0.448. The number of halogens is 1. The maximum absolute atomic E-state index is 13.6. The number of carbonyl (C=O) groups is 1. The molecular formula is C28H30FNO5. The number of nitrogens with zero attached hydrogens (tertiary/aromatic N) is 1. The SMILES string of the molecule is COCCCOc1cc2c(cc1-c1ccc(F)cc1)-c1cc(=O)c(C(=O)O)cn1C(C(C)(C)C)C2. The highest BCUT2D eigenvalue weighted by Gasteiger charge is 2.34. The number of aromatic nitrogens is 1. The van der Waals surface area contributed by atoms with E-state index >= 15 is 0 Å². The summed E-state index contributed by atoms with van der Waals surface area (Å²) in [5.74, 6) is -0.895. The van der Waals surface area contributed by atoms with Crippen LogP contribution >= 0.6 is 0 Å². The molecule has 0 saturated heterocycles. The number of carboxylic acid groups (broad SMARTS) is 1. The maximum Gasteiger partial charge on any atom is 0.341 e. The normalized spacial score (nSPS) is 14.8. The third-order valence-corrected chi connectivity index (χ3v) is 6.45. The van der Waals surface area contributed by atoms with Crippen LogP contribution in [0.4, 0.5) is 4.39 Å². The minimum Gasteiger partial charge on any atom is -0.493 e. The van der Waals surface area contributed by atoms with Crippen LogP contribution in [0.1, 0.15) is 49.2 Å². The van der Waals surface area contributed by atoms with Crippen LogP contribution in [-0.4, -0.2) is 36.0 Å². The van der Waals surface area contributed by atoms with Gasteiger partial charge in [0.25, 0.3) is 0 Å². The summed E-state index contributed by atoms with van der Waals surface area (Å²) in [4.78, 5) is 24.4. The lowest BCUT2D eigenvalue weighted by atomic mass is 9.78. The minimum atomic E-state index is -1.24. The van der Waals surface area contributed by atoms with Gasteiger partial charge in [0, 0.05) is 49.6 Å². The van der Waals surface area contributed by atoms with Gasteiger partial charge < -0.3 is 19.1 Å². The topological polar surface area (TPSA) is 77.8 Å². The van der Waals surface area contributed by atoms with E-state index in [2.05, 4.69) is 20.8 Å². The fourth-order valence-electron chi connectivity index (χ4n) is 4.60. The first-order valence-electron chi connectivity index (χ1n) is 11.6. The van der Waals surface area contributed by atoms with Crippen molar-refractivity contribution in [3.63, 3.8) is 0 Å². The second kappa shape index (κ2) is 9.66. The van der Waals surface area contributed by atoms with E-state index in [1.54, 1.807) is 19.2 Å². The van der Waals surface area contributed by atoms with Crippen molar-refractivity contribution >= 4 is 5.97 Å². The molecule has 1 aliphatic rings.